The van der Waals surface area contributed by atoms with Crippen molar-refractivity contribution < 1.29 is 33.2 Å². The average molecular weight is 419 g/mol. The fourth-order valence-electron chi connectivity index (χ4n) is 3.80. The van der Waals surface area contributed by atoms with Gasteiger partial charge in [0.05, 0.1) is 92.5 Å². The standard InChI is InChI=1S/C22H42O7/c1-3-5-21(17-28-18-21)15-26-13-11-24-9-7-23-8-10-25-12-14-27-16-22(6-4-2)19-29-20-22/h3-20H2,1-2H3. The van der Waals surface area contributed by atoms with Crippen molar-refractivity contribution in [3.63, 3.8) is 0 Å². The Kier molecular flexibility index (Phi) is 12.6. The van der Waals surface area contributed by atoms with E-state index in [2.05, 4.69) is 13.8 Å². The van der Waals surface area contributed by atoms with E-state index < -0.39 is 0 Å². The molecular formula is C22H42O7. The molecule has 0 aliphatic carbocycles. The zero-order valence-electron chi connectivity index (χ0n) is 18.6. The molecule has 0 unspecified atom stereocenters. The van der Waals surface area contributed by atoms with Crippen molar-refractivity contribution in [1.29, 1.82) is 0 Å². The predicted molar refractivity (Wildman–Crippen MR) is 110 cm³/mol. The van der Waals surface area contributed by atoms with Crippen LogP contribution in [0.5, 0.6) is 0 Å². The molecule has 2 rings (SSSR count). The highest BCUT2D eigenvalue weighted by atomic mass is 16.6. The first kappa shape index (κ1) is 25.0. The summed E-state index contributed by atoms with van der Waals surface area (Å²) in [5.74, 6) is 0. The second-order valence-electron chi connectivity index (χ2n) is 8.43. The summed E-state index contributed by atoms with van der Waals surface area (Å²) < 4.78 is 38.8. The Hall–Kier alpha value is -0.280. The molecule has 7 heteroatoms. The van der Waals surface area contributed by atoms with Gasteiger partial charge in [-0.05, 0) is 12.8 Å². The van der Waals surface area contributed by atoms with Gasteiger partial charge in [0.1, 0.15) is 0 Å². The summed E-state index contributed by atoms with van der Waals surface area (Å²) >= 11 is 0. The van der Waals surface area contributed by atoms with Gasteiger partial charge in [0.15, 0.2) is 0 Å². The minimum atomic E-state index is 0.255. The molecule has 2 heterocycles. The molecule has 0 aromatic rings. The van der Waals surface area contributed by atoms with Gasteiger partial charge in [0.25, 0.3) is 0 Å². The molecule has 0 saturated carbocycles. The molecule has 0 aromatic carbocycles. The zero-order valence-corrected chi connectivity index (χ0v) is 18.6. The van der Waals surface area contributed by atoms with Crippen LogP contribution in [0.4, 0.5) is 0 Å². The Bertz CT molecular complexity index is 361. The van der Waals surface area contributed by atoms with E-state index in [1.165, 1.54) is 25.7 Å². The van der Waals surface area contributed by atoms with Gasteiger partial charge in [-0.15, -0.1) is 0 Å². The Morgan fingerprint density at radius 1 is 0.517 bits per heavy atom. The third kappa shape index (κ3) is 9.59. The van der Waals surface area contributed by atoms with Crippen molar-refractivity contribution in [1.82, 2.24) is 0 Å². The molecule has 2 saturated heterocycles. The van der Waals surface area contributed by atoms with E-state index in [-0.39, 0.29) is 10.8 Å². The topological polar surface area (TPSA) is 64.6 Å². The van der Waals surface area contributed by atoms with Crippen molar-refractivity contribution in [2.45, 2.75) is 39.5 Å². The van der Waals surface area contributed by atoms with Gasteiger partial charge in [-0.2, -0.15) is 0 Å². The first-order chi connectivity index (χ1) is 14.2. The lowest BCUT2D eigenvalue weighted by molar-refractivity contribution is -0.155. The highest BCUT2D eigenvalue weighted by molar-refractivity contribution is 4.85. The normalized spacial score (nSPS) is 19.7. The van der Waals surface area contributed by atoms with Crippen LogP contribution >= 0.6 is 0 Å². The van der Waals surface area contributed by atoms with Crippen LogP contribution in [-0.2, 0) is 33.2 Å². The number of rotatable bonds is 20. The molecule has 0 bridgehead atoms. The van der Waals surface area contributed by atoms with E-state index in [1.807, 2.05) is 0 Å². The Morgan fingerprint density at radius 3 is 1.07 bits per heavy atom. The molecule has 172 valence electrons. The fraction of sp³-hybridized carbons (Fsp3) is 1.00. The molecular weight excluding hydrogens is 376 g/mol. The molecule has 0 spiro atoms. The molecule has 29 heavy (non-hydrogen) atoms. The summed E-state index contributed by atoms with van der Waals surface area (Å²) in [6, 6.07) is 0. The third-order valence-electron chi connectivity index (χ3n) is 5.50. The zero-order chi connectivity index (χ0) is 20.7. The molecule has 2 aliphatic heterocycles. The van der Waals surface area contributed by atoms with Crippen LogP contribution in [0.1, 0.15) is 39.5 Å². The Labute approximate surface area is 176 Å². The first-order valence-electron chi connectivity index (χ1n) is 11.3. The molecule has 0 aromatic heterocycles. The Morgan fingerprint density at radius 2 is 0.828 bits per heavy atom. The molecule has 0 amide bonds. The van der Waals surface area contributed by atoms with E-state index >= 15 is 0 Å². The maximum atomic E-state index is 5.75. The van der Waals surface area contributed by atoms with Gasteiger partial charge in [-0.1, -0.05) is 26.7 Å². The van der Waals surface area contributed by atoms with Crippen LogP contribution in [-0.4, -0.2) is 92.5 Å². The first-order valence-corrected chi connectivity index (χ1v) is 11.3. The van der Waals surface area contributed by atoms with Crippen LogP contribution in [0.3, 0.4) is 0 Å². The third-order valence-corrected chi connectivity index (χ3v) is 5.50. The molecule has 0 atom stereocenters. The summed E-state index contributed by atoms with van der Waals surface area (Å²) in [5, 5.41) is 0. The maximum Gasteiger partial charge on any atom is 0.0701 e. The SMILES string of the molecule is CCCC1(COCCOCCOCCOCCOCC2(CCC)COC2)COC1. The van der Waals surface area contributed by atoms with E-state index in [9.17, 15) is 0 Å². The summed E-state index contributed by atoms with van der Waals surface area (Å²) in [5.41, 5.74) is 0.511. The quantitative estimate of drug-likeness (QED) is 0.282. The molecule has 0 N–H and O–H groups in total. The van der Waals surface area contributed by atoms with Crippen molar-refractivity contribution in [2.24, 2.45) is 10.8 Å². The smallest absolute Gasteiger partial charge is 0.0701 e. The van der Waals surface area contributed by atoms with Crippen LogP contribution in [0.25, 0.3) is 0 Å². The average Bonchev–Trinajstić information content (AvgIpc) is 2.66. The Balaban J connectivity index is 1.27. The van der Waals surface area contributed by atoms with Crippen LogP contribution in [0, 0.1) is 10.8 Å². The lowest BCUT2D eigenvalue weighted by Gasteiger charge is -2.41. The molecule has 2 fully saturated rings. The highest BCUT2D eigenvalue weighted by Crippen LogP contribution is 2.33. The molecule has 2 aliphatic rings. The minimum absolute atomic E-state index is 0.255. The van der Waals surface area contributed by atoms with E-state index in [0.29, 0.717) is 52.9 Å². The van der Waals surface area contributed by atoms with E-state index in [0.717, 1.165) is 39.6 Å². The highest BCUT2D eigenvalue weighted by Gasteiger charge is 2.38. The lowest BCUT2D eigenvalue weighted by atomic mass is 9.82. The van der Waals surface area contributed by atoms with Crippen molar-refractivity contribution in [3.8, 4) is 0 Å². The summed E-state index contributed by atoms with van der Waals surface area (Å²) in [4.78, 5) is 0. The summed E-state index contributed by atoms with van der Waals surface area (Å²) in [6.07, 6.45) is 4.69. The second-order valence-corrected chi connectivity index (χ2v) is 8.43. The van der Waals surface area contributed by atoms with Crippen LogP contribution in [0.2, 0.25) is 0 Å². The van der Waals surface area contributed by atoms with Gasteiger partial charge in [-0.25, -0.2) is 0 Å². The van der Waals surface area contributed by atoms with Gasteiger partial charge in [0, 0.05) is 10.8 Å². The van der Waals surface area contributed by atoms with Crippen LogP contribution in [0.15, 0.2) is 0 Å². The minimum Gasteiger partial charge on any atom is -0.380 e. The summed E-state index contributed by atoms with van der Waals surface area (Å²) in [7, 11) is 0. The van der Waals surface area contributed by atoms with Gasteiger partial charge in [-0.3, -0.25) is 0 Å². The fourth-order valence-corrected chi connectivity index (χ4v) is 3.80. The molecule has 0 radical (unpaired) electrons. The largest absolute Gasteiger partial charge is 0.380 e. The summed E-state index contributed by atoms with van der Waals surface area (Å²) in [6.45, 7) is 14.1. The van der Waals surface area contributed by atoms with Gasteiger partial charge < -0.3 is 33.2 Å². The predicted octanol–water partition coefficient (Wildman–Crippen LogP) is 2.70. The number of hydrogen-bond donors (Lipinski definition) is 0. The van der Waals surface area contributed by atoms with E-state index in [1.54, 1.807) is 0 Å². The van der Waals surface area contributed by atoms with Gasteiger partial charge >= 0.3 is 0 Å². The second kappa shape index (κ2) is 14.7. The van der Waals surface area contributed by atoms with Crippen molar-refractivity contribution >= 4 is 0 Å². The maximum absolute atomic E-state index is 5.75. The number of ether oxygens (including phenoxy) is 7. The van der Waals surface area contributed by atoms with E-state index in [4.69, 9.17) is 33.2 Å². The van der Waals surface area contributed by atoms with Crippen molar-refractivity contribution in [2.75, 3.05) is 92.5 Å². The molecule has 7 nitrogen and oxygen atoms in total. The monoisotopic (exact) mass is 418 g/mol. The van der Waals surface area contributed by atoms with Gasteiger partial charge in [0.2, 0.25) is 0 Å². The lowest BCUT2D eigenvalue weighted by Crippen LogP contribution is -2.46. The van der Waals surface area contributed by atoms with Crippen LogP contribution < -0.4 is 0 Å². The number of hydrogen-bond acceptors (Lipinski definition) is 7. The van der Waals surface area contributed by atoms with Crippen molar-refractivity contribution in [3.05, 3.63) is 0 Å².